The maximum absolute atomic E-state index is 12.9. The van der Waals surface area contributed by atoms with Gasteiger partial charge in [-0.15, -0.1) is 0 Å². The fourth-order valence-corrected chi connectivity index (χ4v) is 4.67. The van der Waals surface area contributed by atoms with Crippen molar-refractivity contribution in [2.75, 3.05) is 24.5 Å². The number of pyridine rings is 1. The van der Waals surface area contributed by atoms with Crippen LogP contribution in [-0.2, 0) is 19.5 Å². The number of para-hydroxylation sites is 1. The molecule has 2 aliphatic heterocycles. The predicted molar refractivity (Wildman–Crippen MR) is 115 cm³/mol. The molecule has 0 aliphatic carbocycles. The summed E-state index contributed by atoms with van der Waals surface area (Å²) in [6, 6.07) is 10.4. The predicted octanol–water partition coefficient (Wildman–Crippen LogP) is 3.11. The molecule has 2 aromatic heterocycles. The largest absolute Gasteiger partial charge is 0.342 e. The van der Waals surface area contributed by atoms with Gasteiger partial charge < -0.3 is 4.90 Å². The van der Waals surface area contributed by atoms with Crippen molar-refractivity contribution in [1.29, 1.82) is 0 Å². The summed E-state index contributed by atoms with van der Waals surface area (Å²) < 4.78 is 0. The fraction of sp³-hybridized carbons (Fsp3) is 0.435. The van der Waals surface area contributed by atoms with Crippen molar-refractivity contribution in [3.8, 4) is 0 Å². The Labute approximate surface area is 170 Å². The van der Waals surface area contributed by atoms with Crippen molar-refractivity contribution >= 4 is 16.9 Å². The van der Waals surface area contributed by atoms with E-state index in [-0.39, 0.29) is 5.56 Å². The van der Waals surface area contributed by atoms with Crippen molar-refractivity contribution in [3.05, 3.63) is 63.7 Å². The summed E-state index contributed by atoms with van der Waals surface area (Å²) >= 11 is 0. The van der Waals surface area contributed by atoms with Gasteiger partial charge in [-0.05, 0) is 30.4 Å². The number of fused-ring (bicyclic) bond motifs is 2. The zero-order valence-corrected chi connectivity index (χ0v) is 16.9. The van der Waals surface area contributed by atoms with E-state index in [0.29, 0.717) is 12.5 Å². The molecule has 1 atom stereocenters. The highest BCUT2D eigenvalue weighted by molar-refractivity contribution is 5.81. The van der Waals surface area contributed by atoms with E-state index >= 15 is 0 Å². The van der Waals surface area contributed by atoms with Gasteiger partial charge >= 0.3 is 0 Å². The lowest BCUT2D eigenvalue weighted by molar-refractivity contribution is 0.242. The van der Waals surface area contributed by atoms with Gasteiger partial charge in [-0.3, -0.25) is 19.7 Å². The van der Waals surface area contributed by atoms with E-state index in [1.807, 2.05) is 12.3 Å². The van der Waals surface area contributed by atoms with E-state index in [4.69, 9.17) is 4.98 Å². The van der Waals surface area contributed by atoms with Gasteiger partial charge in [0.1, 0.15) is 0 Å². The van der Waals surface area contributed by atoms with Gasteiger partial charge in [0.05, 0.1) is 16.8 Å². The standard InChI is InChI=1S/C23H27N5O/c1-16-5-4-11-28(13-16)23-25-20-9-12-27(15-19(20)22(29)26-23)14-18-7-2-6-17-8-3-10-24-21(17)18/h2-3,6-8,10,16H,4-5,9,11-15H2,1H3,(H,25,26,29)/t16-/m0/s1. The highest BCUT2D eigenvalue weighted by atomic mass is 16.1. The van der Waals surface area contributed by atoms with E-state index in [1.54, 1.807) is 0 Å². The molecular weight excluding hydrogens is 362 g/mol. The van der Waals surface area contributed by atoms with Crippen molar-refractivity contribution < 1.29 is 0 Å². The normalized spacial score (nSPS) is 20.0. The second-order valence-electron chi connectivity index (χ2n) is 8.46. The minimum absolute atomic E-state index is 0.0176. The molecule has 2 aliphatic rings. The first-order valence-electron chi connectivity index (χ1n) is 10.6. The number of hydrogen-bond acceptors (Lipinski definition) is 5. The highest BCUT2D eigenvalue weighted by Crippen LogP contribution is 2.23. The van der Waals surface area contributed by atoms with Crippen LogP contribution in [0.25, 0.3) is 10.9 Å². The molecule has 0 saturated carbocycles. The quantitative estimate of drug-likeness (QED) is 0.746. The molecule has 1 saturated heterocycles. The number of hydrogen-bond donors (Lipinski definition) is 1. The lowest BCUT2D eigenvalue weighted by Gasteiger charge is -2.33. The number of aromatic nitrogens is 3. The third-order valence-corrected chi connectivity index (χ3v) is 6.20. The summed E-state index contributed by atoms with van der Waals surface area (Å²) in [4.78, 5) is 29.9. The summed E-state index contributed by atoms with van der Waals surface area (Å²) in [5.41, 5.74) is 4.05. The third kappa shape index (κ3) is 3.65. The number of aromatic amines is 1. The molecule has 1 N–H and O–H groups in total. The second kappa shape index (κ2) is 7.59. The van der Waals surface area contributed by atoms with Crippen molar-refractivity contribution in [3.63, 3.8) is 0 Å². The number of piperidine rings is 1. The molecule has 6 heteroatoms. The monoisotopic (exact) mass is 389 g/mol. The molecular formula is C23H27N5O. The topological polar surface area (TPSA) is 65.1 Å². The highest BCUT2D eigenvalue weighted by Gasteiger charge is 2.24. The van der Waals surface area contributed by atoms with Crippen LogP contribution in [0, 0.1) is 5.92 Å². The van der Waals surface area contributed by atoms with Crippen LogP contribution in [0.15, 0.2) is 41.3 Å². The molecule has 3 aromatic rings. The molecule has 29 heavy (non-hydrogen) atoms. The Morgan fingerprint density at radius 3 is 3.00 bits per heavy atom. The first-order valence-corrected chi connectivity index (χ1v) is 10.6. The summed E-state index contributed by atoms with van der Waals surface area (Å²) in [6.45, 7) is 6.55. The average Bonchev–Trinajstić information content (AvgIpc) is 2.74. The van der Waals surface area contributed by atoms with Crippen LogP contribution in [0.2, 0.25) is 0 Å². The molecule has 0 spiro atoms. The summed E-state index contributed by atoms with van der Waals surface area (Å²) in [5.74, 6) is 1.40. The minimum atomic E-state index is 0.0176. The van der Waals surface area contributed by atoms with Crippen LogP contribution < -0.4 is 10.5 Å². The van der Waals surface area contributed by atoms with Crippen LogP contribution >= 0.6 is 0 Å². The van der Waals surface area contributed by atoms with Crippen LogP contribution in [0.1, 0.15) is 36.6 Å². The first kappa shape index (κ1) is 18.3. The number of nitrogens with one attached hydrogen (secondary N) is 1. The molecule has 4 heterocycles. The first-order chi connectivity index (χ1) is 14.2. The van der Waals surface area contributed by atoms with E-state index in [0.717, 1.165) is 67.1 Å². The van der Waals surface area contributed by atoms with Crippen molar-refractivity contribution in [1.82, 2.24) is 19.9 Å². The molecule has 0 amide bonds. The van der Waals surface area contributed by atoms with Crippen LogP contribution in [0.5, 0.6) is 0 Å². The lowest BCUT2D eigenvalue weighted by atomic mass is 10.0. The zero-order chi connectivity index (χ0) is 19.8. The zero-order valence-electron chi connectivity index (χ0n) is 16.9. The number of benzene rings is 1. The number of nitrogens with zero attached hydrogens (tertiary/aromatic N) is 4. The van der Waals surface area contributed by atoms with Gasteiger partial charge in [-0.1, -0.05) is 31.2 Å². The van der Waals surface area contributed by atoms with Gasteiger partial charge in [-0.2, -0.15) is 0 Å². The van der Waals surface area contributed by atoms with Gasteiger partial charge in [0.15, 0.2) is 0 Å². The smallest absolute Gasteiger partial charge is 0.257 e. The third-order valence-electron chi connectivity index (χ3n) is 6.20. The van der Waals surface area contributed by atoms with Gasteiger partial charge in [0, 0.05) is 50.7 Å². The molecule has 1 fully saturated rings. The Bertz CT molecular complexity index is 1090. The Morgan fingerprint density at radius 2 is 2.10 bits per heavy atom. The van der Waals surface area contributed by atoms with Gasteiger partial charge in [0.2, 0.25) is 5.95 Å². The molecule has 0 radical (unpaired) electrons. The van der Waals surface area contributed by atoms with E-state index in [9.17, 15) is 4.79 Å². The van der Waals surface area contributed by atoms with Crippen LogP contribution in [0.3, 0.4) is 0 Å². The number of H-pyrrole nitrogens is 1. The van der Waals surface area contributed by atoms with Crippen LogP contribution in [-0.4, -0.2) is 39.5 Å². The summed E-state index contributed by atoms with van der Waals surface area (Å²) in [6.07, 6.45) is 5.07. The molecule has 0 unspecified atom stereocenters. The SMILES string of the molecule is C[C@H]1CCCN(c2nc3c(c(=O)[nH]2)CN(Cc2cccc4cccnc24)CC3)C1. The Hall–Kier alpha value is -2.73. The lowest BCUT2D eigenvalue weighted by Crippen LogP contribution is -2.39. The minimum Gasteiger partial charge on any atom is -0.342 e. The number of rotatable bonds is 3. The summed E-state index contributed by atoms with van der Waals surface area (Å²) in [7, 11) is 0. The molecule has 1 aromatic carbocycles. The maximum atomic E-state index is 12.9. The van der Waals surface area contributed by atoms with E-state index in [1.165, 1.54) is 12.0 Å². The average molecular weight is 390 g/mol. The van der Waals surface area contributed by atoms with Crippen molar-refractivity contribution in [2.24, 2.45) is 5.92 Å². The van der Waals surface area contributed by atoms with E-state index < -0.39 is 0 Å². The Morgan fingerprint density at radius 1 is 1.21 bits per heavy atom. The fourth-order valence-electron chi connectivity index (χ4n) is 4.67. The van der Waals surface area contributed by atoms with Crippen molar-refractivity contribution in [2.45, 2.75) is 39.3 Å². The van der Waals surface area contributed by atoms with Crippen LogP contribution in [0.4, 0.5) is 5.95 Å². The van der Waals surface area contributed by atoms with E-state index in [2.05, 4.69) is 51.0 Å². The van der Waals surface area contributed by atoms with Gasteiger partial charge in [0.25, 0.3) is 5.56 Å². The molecule has 150 valence electrons. The molecule has 0 bridgehead atoms. The molecule has 6 nitrogen and oxygen atoms in total. The number of anilines is 1. The second-order valence-corrected chi connectivity index (χ2v) is 8.46. The Balaban J connectivity index is 1.38. The van der Waals surface area contributed by atoms with Gasteiger partial charge in [-0.25, -0.2) is 4.98 Å². The summed E-state index contributed by atoms with van der Waals surface area (Å²) in [5, 5.41) is 1.15. The Kier molecular flexibility index (Phi) is 4.79. The maximum Gasteiger partial charge on any atom is 0.257 e. The molecule has 5 rings (SSSR count).